The van der Waals surface area contributed by atoms with Gasteiger partial charge in [-0.2, -0.15) is 0 Å². The van der Waals surface area contributed by atoms with E-state index in [-0.39, 0.29) is 46.1 Å². The van der Waals surface area contributed by atoms with E-state index >= 15 is 0 Å². The molecule has 1 unspecified atom stereocenters. The molecule has 10 nitrogen and oxygen atoms in total. The molecular formula is C28H46N4O6S2. The molecule has 0 radical (unpaired) electrons. The Morgan fingerprint density at radius 3 is 2.05 bits per heavy atom. The molecule has 3 atom stereocenters. The van der Waals surface area contributed by atoms with Gasteiger partial charge in [-0.15, -0.1) is 23.5 Å². The number of nitrogens with one attached hydrogen (secondary N) is 2. The van der Waals surface area contributed by atoms with Crippen LogP contribution in [0.4, 0.5) is 0 Å². The van der Waals surface area contributed by atoms with E-state index in [2.05, 4.69) is 10.6 Å². The second kappa shape index (κ2) is 12.0. The van der Waals surface area contributed by atoms with Crippen molar-refractivity contribution in [1.82, 2.24) is 20.4 Å². The van der Waals surface area contributed by atoms with Crippen LogP contribution in [0.2, 0.25) is 0 Å². The predicted molar refractivity (Wildman–Crippen MR) is 157 cm³/mol. The van der Waals surface area contributed by atoms with Crippen molar-refractivity contribution in [1.29, 1.82) is 0 Å². The Morgan fingerprint density at radius 1 is 0.825 bits per heavy atom. The molecule has 0 aromatic heterocycles. The van der Waals surface area contributed by atoms with E-state index < -0.39 is 16.9 Å². The highest BCUT2D eigenvalue weighted by Crippen LogP contribution is 2.41. The van der Waals surface area contributed by atoms with Gasteiger partial charge >= 0.3 is 11.9 Å². The second-order valence-corrected chi connectivity index (χ2v) is 16.0. The van der Waals surface area contributed by atoms with Crippen LogP contribution in [0.15, 0.2) is 0 Å². The highest BCUT2D eigenvalue weighted by Gasteiger charge is 2.48. The van der Waals surface area contributed by atoms with E-state index in [9.17, 15) is 19.2 Å². The Labute approximate surface area is 246 Å². The number of methoxy groups -OCH3 is 1. The average Bonchev–Trinajstić information content (AvgIpc) is 3.52. The molecule has 4 fully saturated rings. The van der Waals surface area contributed by atoms with E-state index in [1.54, 1.807) is 23.5 Å². The lowest BCUT2D eigenvalue weighted by Crippen LogP contribution is -2.57. The Kier molecular flexibility index (Phi) is 9.44. The fourth-order valence-electron chi connectivity index (χ4n) is 5.99. The zero-order valence-corrected chi connectivity index (χ0v) is 26.4. The number of likely N-dealkylation sites (tertiary alicyclic amines) is 2. The minimum Gasteiger partial charge on any atom is -0.468 e. The third kappa shape index (κ3) is 6.93. The van der Waals surface area contributed by atoms with Crippen LogP contribution in [0.25, 0.3) is 0 Å². The lowest BCUT2D eigenvalue weighted by atomic mass is 9.87. The van der Waals surface area contributed by atoms with Crippen molar-refractivity contribution < 1.29 is 28.7 Å². The van der Waals surface area contributed by atoms with Gasteiger partial charge in [0.05, 0.1) is 23.5 Å². The van der Waals surface area contributed by atoms with Crippen molar-refractivity contribution >= 4 is 47.3 Å². The molecule has 12 heteroatoms. The van der Waals surface area contributed by atoms with Gasteiger partial charge in [-0.25, -0.2) is 0 Å². The Hall–Kier alpha value is -1.50. The number of piperidine rings is 2. The van der Waals surface area contributed by atoms with Crippen LogP contribution >= 0.6 is 23.5 Å². The maximum absolute atomic E-state index is 13.4. The molecule has 0 aliphatic carbocycles. The molecule has 4 saturated heterocycles. The summed E-state index contributed by atoms with van der Waals surface area (Å²) in [5.41, 5.74) is -1.09. The minimum atomic E-state index is -0.661. The third-order valence-electron chi connectivity index (χ3n) is 8.49. The first-order valence-corrected chi connectivity index (χ1v) is 16.3. The van der Waals surface area contributed by atoms with Gasteiger partial charge in [0.15, 0.2) is 0 Å². The van der Waals surface area contributed by atoms with Gasteiger partial charge in [-0.05, 0) is 32.1 Å². The van der Waals surface area contributed by atoms with E-state index in [1.165, 1.54) is 7.11 Å². The SMILES string of the molecule is COC(=O)[C@@H]1CSC2(CCN(C(=O)C(C)(C)CCOC(=O)[C@@H]3CSC4(CCCN(C(=O)C(C)(C)C)C4)N3)CC2)N1. The van der Waals surface area contributed by atoms with Crippen molar-refractivity contribution in [3.8, 4) is 0 Å². The summed E-state index contributed by atoms with van der Waals surface area (Å²) < 4.78 is 10.5. The monoisotopic (exact) mass is 598 g/mol. The van der Waals surface area contributed by atoms with Crippen LogP contribution in [0, 0.1) is 10.8 Å². The van der Waals surface area contributed by atoms with Crippen molar-refractivity contribution in [3.63, 3.8) is 0 Å². The Morgan fingerprint density at radius 2 is 1.43 bits per heavy atom. The van der Waals surface area contributed by atoms with Crippen LogP contribution in [0.5, 0.6) is 0 Å². The van der Waals surface area contributed by atoms with Gasteiger partial charge in [0.2, 0.25) is 11.8 Å². The quantitative estimate of drug-likeness (QED) is 0.441. The first-order chi connectivity index (χ1) is 18.7. The molecule has 4 aliphatic heterocycles. The summed E-state index contributed by atoms with van der Waals surface area (Å²) in [5, 5.41) is 6.92. The molecule has 0 saturated carbocycles. The van der Waals surface area contributed by atoms with Crippen LogP contribution in [-0.2, 0) is 28.7 Å². The van der Waals surface area contributed by atoms with Gasteiger partial charge in [-0.3, -0.25) is 29.8 Å². The first-order valence-electron chi connectivity index (χ1n) is 14.4. The predicted octanol–water partition coefficient (Wildman–Crippen LogP) is 2.21. The fourth-order valence-corrected chi connectivity index (χ4v) is 8.86. The summed E-state index contributed by atoms with van der Waals surface area (Å²) in [5.74, 6) is 0.953. The minimum absolute atomic E-state index is 0.0604. The number of carbonyl (C=O) groups is 4. The summed E-state index contributed by atoms with van der Waals surface area (Å²) in [6, 6.07) is -0.717. The molecule has 2 amide bonds. The van der Waals surface area contributed by atoms with E-state index in [0.717, 1.165) is 32.2 Å². The summed E-state index contributed by atoms with van der Waals surface area (Å²) in [6.45, 7) is 12.4. The lowest BCUT2D eigenvalue weighted by molar-refractivity contribution is -0.150. The standard InChI is InChI=1S/C28H46N4O6S2/c1-25(2,3)23(35)32-12-7-8-28(18-32)30-20(17-40-28)22(34)38-15-11-26(4,5)24(36)31-13-9-27(10-14-31)29-19(16-39-27)21(33)37-6/h19-20,29-30H,7-18H2,1-6H3/t19-,20-,28?/m0/s1. The van der Waals surface area contributed by atoms with E-state index in [4.69, 9.17) is 9.47 Å². The zero-order chi connectivity index (χ0) is 29.3. The van der Waals surface area contributed by atoms with Gasteiger partial charge in [0, 0.05) is 48.5 Å². The van der Waals surface area contributed by atoms with E-state index in [1.807, 2.05) is 44.4 Å². The number of hydrogen-bond donors (Lipinski definition) is 2. The second-order valence-electron chi connectivity index (χ2n) is 13.2. The molecule has 0 bridgehead atoms. The van der Waals surface area contributed by atoms with Crippen molar-refractivity contribution in [2.45, 2.75) is 88.5 Å². The van der Waals surface area contributed by atoms with Gasteiger partial charge in [0.25, 0.3) is 0 Å². The molecular weight excluding hydrogens is 552 g/mol. The largest absolute Gasteiger partial charge is 0.468 e. The number of esters is 2. The first kappa shape index (κ1) is 31.4. The smallest absolute Gasteiger partial charge is 0.324 e. The molecule has 4 rings (SSSR count). The number of carbonyl (C=O) groups excluding carboxylic acids is 4. The molecule has 0 aromatic rings. The Balaban J connectivity index is 1.21. The summed E-state index contributed by atoms with van der Waals surface area (Å²) in [6.07, 6.45) is 3.79. The molecule has 0 aromatic carbocycles. The molecule has 40 heavy (non-hydrogen) atoms. The maximum Gasteiger partial charge on any atom is 0.324 e. The molecule has 4 heterocycles. The molecule has 226 valence electrons. The lowest BCUT2D eigenvalue weighted by Gasteiger charge is -2.42. The van der Waals surface area contributed by atoms with Crippen LogP contribution in [-0.4, -0.2) is 107 Å². The number of nitrogens with zero attached hydrogens (tertiary/aromatic N) is 2. The van der Waals surface area contributed by atoms with Crippen LogP contribution in [0.1, 0.15) is 66.7 Å². The number of amides is 2. The van der Waals surface area contributed by atoms with Crippen LogP contribution in [0.3, 0.4) is 0 Å². The average molecular weight is 599 g/mol. The van der Waals surface area contributed by atoms with Gasteiger partial charge in [-0.1, -0.05) is 34.6 Å². The van der Waals surface area contributed by atoms with Crippen molar-refractivity contribution in [2.75, 3.05) is 51.4 Å². The topological polar surface area (TPSA) is 117 Å². The molecule has 4 aliphatic rings. The van der Waals surface area contributed by atoms with Crippen LogP contribution < -0.4 is 10.6 Å². The molecule has 2 spiro atoms. The summed E-state index contributed by atoms with van der Waals surface area (Å²) in [4.78, 5) is 54.4. The normalized spacial score (nSPS) is 28.6. The van der Waals surface area contributed by atoms with Gasteiger partial charge < -0.3 is 19.3 Å². The van der Waals surface area contributed by atoms with Gasteiger partial charge in [0.1, 0.15) is 12.1 Å². The van der Waals surface area contributed by atoms with E-state index in [0.29, 0.717) is 37.6 Å². The van der Waals surface area contributed by atoms with Crippen molar-refractivity contribution in [2.24, 2.45) is 10.8 Å². The highest BCUT2D eigenvalue weighted by atomic mass is 32.2. The summed E-state index contributed by atoms with van der Waals surface area (Å²) >= 11 is 3.45. The highest BCUT2D eigenvalue weighted by molar-refractivity contribution is 8.01. The maximum atomic E-state index is 13.4. The number of rotatable bonds is 6. The summed E-state index contributed by atoms with van der Waals surface area (Å²) in [7, 11) is 1.40. The van der Waals surface area contributed by atoms with Crippen molar-refractivity contribution in [3.05, 3.63) is 0 Å². The zero-order valence-electron chi connectivity index (χ0n) is 24.8. The number of thioether (sulfide) groups is 2. The number of ether oxygens (including phenoxy) is 2. The number of hydrogen-bond acceptors (Lipinski definition) is 10. The third-order valence-corrected chi connectivity index (χ3v) is 11.6. The Bertz CT molecular complexity index is 994. The molecule has 2 N–H and O–H groups in total. The fraction of sp³-hybridized carbons (Fsp3) is 0.857.